The first kappa shape index (κ1) is 18.0. The highest BCUT2D eigenvalue weighted by Gasteiger charge is 2.03. The van der Waals surface area contributed by atoms with Crippen LogP contribution < -0.4 is 11.1 Å². The average molecular weight is 283 g/mol. The Morgan fingerprint density at radius 3 is 2.88 bits per heavy atom. The summed E-state index contributed by atoms with van der Waals surface area (Å²) in [6.07, 6.45) is 0.565. The van der Waals surface area contributed by atoms with Crippen molar-refractivity contribution in [3.8, 4) is 0 Å². The number of nitrogens with one attached hydrogen (secondary N) is 2. The van der Waals surface area contributed by atoms with E-state index in [0.717, 1.165) is 5.69 Å². The fourth-order valence-electron chi connectivity index (χ4n) is 0.894. The van der Waals surface area contributed by atoms with Crippen LogP contribution in [0.5, 0.6) is 0 Å². The van der Waals surface area contributed by atoms with Crippen LogP contribution in [0.1, 0.15) is 12.6 Å². The first-order chi connectivity index (χ1) is 7.08. The Kier molecular flexibility index (Phi) is 9.25. The van der Waals surface area contributed by atoms with Crippen LogP contribution in [0.2, 0.25) is 0 Å². The van der Waals surface area contributed by atoms with E-state index in [0.29, 0.717) is 18.2 Å². The maximum Gasteiger partial charge on any atom is 0.302 e. The summed E-state index contributed by atoms with van der Waals surface area (Å²) in [5.74, 6) is -0.441. The van der Waals surface area contributed by atoms with Crippen LogP contribution in [0.4, 0.5) is 5.13 Å². The van der Waals surface area contributed by atoms with Gasteiger partial charge in [-0.25, -0.2) is 4.98 Å². The fourth-order valence-corrected chi connectivity index (χ4v) is 1.65. The zero-order chi connectivity index (χ0) is 11.3. The molecule has 17 heavy (non-hydrogen) atoms. The van der Waals surface area contributed by atoms with E-state index in [4.69, 9.17) is 15.9 Å². The van der Waals surface area contributed by atoms with Gasteiger partial charge < -0.3 is 21.3 Å². The molecule has 0 aliphatic rings. The fraction of sp³-hybridized carbons (Fsp3) is 0.375. The molecule has 9 heteroatoms. The van der Waals surface area contributed by atoms with Gasteiger partial charge in [0.25, 0.3) is 0 Å². The Labute approximate surface area is 109 Å². The third-order valence-electron chi connectivity index (χ3n) is 1.46. The van der Waals surface area contributed by atoms with Gasteiger partial charge in [-0.3, -0.25) is 10.2 Å². The molecule has 0 fully saturated rings. The molecule has 98 valence electrons. The normalized spacial score (nSPS) is 8.53. The number of carbonyl (C=O) groups is 1. The summed E-state index contributed by atoms with van der Waals surface area (Å²) in [6.45, 7) is 1.68. The van der Waals surface area contributed by atoms with Crippen LogP contribution in [0.15, 0.2) is 5.38 Å². The molecule has 0 bridgehead atoms. The van der Waals surface area contributed by atoms with Crippen LogP contribution in [0.3, 0.4) is 0 Å². The summed E-state index contributed by atoms with van der Waals surface area (Å²) in [5.41, 5.74) is 5.95. The highest BCUT2D eigenvalue weighted by atomic mass is 35.5. The second-order valence-corrected chi connectivity index (χ2v) is 3.63. The number of carbonyl (C=O) groups excluding carboxylic acids is 1. The van der Waals surface area contributed by atoms with Crippen molar-refractivity contribution in [2.45, 2.75) is 13.3 Å². The number of hydrogen-bond acceptors (Lipinski definition) is 5. The maximum absolute atomic E-state index is 10.5. The Morgan fingerprint density at radius 1 is 1.71 bits per heavy atom. The molecule has 1 heterocycles. The topological polar surface area (TPSA) is 133 Å². The number of nitrogens with zero attached hydrogens (tertiary/aromatic N) is 1. The molecule has 1 rings (SSSR count). The van der Waals surface area contributed by atoms with E-state index in [-0.39, 0.29) is 29.8 Å². The Bertz CT molecular complexity index is 371. The van der Waals surface area contributed by atoms with Gasteiger partial charge in [-0.05, 0) is 0 Å². The number of rotatable bonds is 4. The molecule has 1 aromatic heterocycles. The highest BCUT2D eigenvalue weighted by Crippen LogP contribution is 2.15. The number of aromatic nitrogens is 1. The van der Waals surface area contributed by atoms with Gasteiger partial charge in [-0.1, -0.05) is 0 Å². The van der Waals surface area contributed by atoms with Gasteiger partial charge in [0.1, 0.15) is 0 Å². The van der Waals surface area contributed by atoms with Gasteiger partial charge in [0.15, 0.2) is 11.1 Å². The largest absolute Gasteiger partial charge is 0.465 e. The van der Waals surface area contributed by atoms with E-state index in [9.17, 15) is 4.79 Å². The first-order valence-electron chi connectivity index (χ1n) is 4.26. The number of guanidine groups is 1. The number of esters is 1. The predicted molar refractivity (Wildman–Crippen MR) is 68.8 cm³/mol. The van der Waals surface area contributed by atoms with Gasteiger partial charge >= 0.3 is 5.97 Å². The van der Waals surface area contributed by atoms with Gasteiger partial charge in [-0.15, -0.1) is 23.7 Å². The molecule has 0 spiro atoms. The smallest absolute Gasteiger partial charge is 0.302 e. The van der Waals surface area contributed by atoms with E-state index in [1.54, 1.807) is 0 Å². The van der Waals surface area contributed by atoms with Crippen molar-refractivity contribution in [2.24, 2.45) is 5.73 Å². The molecule has 0 amide bonds. The summed E-state index contributed by atoms with van der Waals surface area (Å²) in [7, 11) is 0. The van der Waals surface area contributed by atoms with Crippen molar-refractivity contribution >= 4 is 40.8 Å². The predicted octanol–water partition coefficient (Wildman–Crippen LogP) is 0.151. The van der Waals surface area contributed by atoms with Crippen molar-refractivity contribution in [1.82, 2.24) is 4.98 Å². The standard InChI is InChI=1S/C8H12N4O2S.ClH.H2O/c1-5(13)14-3-2-6-4-15-8(11-6)12-7(9)10;;/h4H,2-3H2,1H3,(H4,9,10,11,12);1H;1H2. The molecule has 0 aromatic carbocycles. The summed E-state index contributed by atoms with van der Waals surface area (Å²) in [4.78, 5) is 14.6. The molecule has 0 saturated carbocycles. The van der Waals surface area contributed by atoms with E-state index in [1.807, 2.05) is 5.38 Å². The number of hydrogen-bond donors (Lipinski definition) is 3. The molecule has 0 atom stereocenters. The van der Waals surface area contributed by atoms with Crippen LogP contribution >= 0.6 is 23.7 Å². The summed E-state index contributed by atoms with van der Waals surface area (Å²) >= 11 is 1.35. The molecular weight excluding hydrogens is 268 g/mol. The summed E-state index contributed by atoms with van der Waals surface area (Å²) in [6, 6.07) is 0. The lowest BCUT2D eigenvalue weighted by Gasteiger charge is -1.98. The van der Waals surface area contributed by atoms with Crippen LogP contribution in [-0.2, 0) is 16.0 Å². The lowest BCUT2D eigenvalue weighted by molar-refractivity contribution is -0.140. The van der Waals surface area contributed by atoms with E-state index in [1.165, 1.54) is 18.3 Å². The Balaban J connectivity index is 0. The van der Waals surface area contributed by atoms with Crippen molar-refractivity contribution in [3.05, 3.63) is 11.1 Å². The van der Waals surface area contributed by atoms with Gasteiger partial charge in [0.2, 0.25) is 0 Å². The molecule has 0 aliphatic carbocycles. The third kappa shape index (κ3) is 7.50. The average Bonchev–Trinajstić information content (AvgIpc) is 2.50. The molecule has 0 saturated heterocycles. The van der Waals surface area contributed by atoms with Crippen molar-refractivity contribution in [3.63, 3.8) is 0 Å². The molecule has 1 aromatic rings. The van der Waals surface area contributed by atoms with E-state index in [2.05, 4.69) is 10.3 Å². The van der Waals surface area contributed by atoms with Crippen LogP contribution in [0.25, 0.3) is 0 Å². The second-order valence-electron chi connectivity index (χ2n) is 2.77. The summed E-state index contributed by atoms with van der Waals surface area (Å²) < 4.78 is 4.77. The van der Waals surface area contributed by atoms with Gasteiger partial charge in [-0.2, -0.15) is 0 Å². The Morgan fingerprint density at radius 2 is 2.35 bits per heavy atom. The lowest BCUT2D eigenvalue weighted by atomic mass is 10.4. The maximum atomic E-state index is 10.5. The zero-order valence-electron chi connectivity index (χ0n) is 9.15. The van der Waals surface area contributed by atoms with Crippen LogP contribution in [-0.4, -0.2) is 29.0 Å². The molecule has 0 radical (unpaired) electrons. The quantitative estimate of drug-likeness (QED) is 0.411. The van der Waals surface area contributed by atoms with Crippen molar-refractivity contribution in [2.75, 3.05) is 11.9 Å². The minimum Gasteiger partial charge on any atom is -0.465 e. The molecule has 7 nitrogen and oxygen atoms in total. The second kappa shape index (κ2) is 8.74. The summed E-state index contributed by atoms with van der Waals surface area (Å²) in [5, 5.41) is 12.0. The number of anilines is 1. The van der Waals surface area contributed by atoms with Crippen molar-refractivity contribution < 1.29 is 15.0 Å². The molecule has 0 aliphatic heterocycles. The number of halogens is 1. The zero-order valence-corrected chi connectivity index (χ0v) is 10.8. The van der Waals surface area contributed by atoms with Gasteiger partial charge in [0, 0.05) is 18.7 Å². The molecular formula is C8H15ClN4O3S. The SMILES string of the molecule is CC(=O)OCCc1csc(NC(=N)N)n1.Cl.O. The molecule has 6 N–H and O–H groups in total. The monoisotopic (exact) mass is 282 g/mol. The Hall–Kier alpha value is -1.38. The molecule has 0 unspecified atom stereocenters. The van der Waals surface area contributed by atoms with Crippen molar-refractivity contribution in [1.29, 1.82) is 5.41 Å². The third-order valence-corrected chi connectivity index (χ3v) is 2.26. The number of nitrogens with two attached hydrogens (primary N) is 1. The minimum atomic E-state index is -0.299. The number of thiazole rings is 1. The van der Waals surface area contributed by atoms with E-state index >= 15 is 0 Å². The lowest BCUT2D eigenvalue weighted by Crippen LogP contribution is -2.20. The van der Waals surface area contributed by atoms with Gasteiger partial charge in [0.05, 0.1) is 12.3 Å². The number of ether oxygens (including phenoxy) is 1. The highest BCUT2D eigenvalue weighted by molar-refractivity contribution is 7.13. The van der Waals surface area contributed by atoms with E-state index < -0.39 is 0 Å². The minimum absolute atomic E-state index is 0. The van der Waals surface area contributed by atoms with Crippen LogP contribution in [0, 0.1) is 5.41 Å². The first-order valence-corrected chi connectivity index (χ1v) is 5.14.